The zero-order valence-corrected chi connectivity index (χ0v) is 8.94. The van der Waals surface area contributed by atoms with Gasteiger partial charge in [-0.3, -0.25) is 0 Å². The zero-order chi connectivity index (χ0) is 10.8. The van der Waals surface area contributed by atoms with Crippen molar-refractivity contribution in [1.82, 2.24) is 4.98 Å². The van der Waals surface area contributed by atoms with Crippen LogP contribution in [0.15, 0.2) is 6.20 Å². The van der Waals surface area contributed by atoms with Crippen molar-refractivity contribution >= 4 is 16.5 Å². The van der Waals surface area contributed by atoms with E-state index in [4.69, 9.17) is 5.73 Å². The average molecular weight is 221 g/mol. The summed E-state index contributed by atoms with van der Waals surface area (Å²) in [5, 5.41) is 0.729. The van der Waals surface area contributed by atoms with Gasteiger partial charge in [-0.2, -0.15) is 0 Å². The third-order valence-corrected chi connectivity index (χ3v) is 2.82. The molecule has 0 aliphatic rings. The summed E-state index contributed by atoms with van der Waals surface area (Å²) >= 11 is 1.26. The van der Waals surface area contributed by atoms with Gasteiger partial charge in [0.2, 0.25) is 0 Å². The van der Waals surface area contributed by atoms with Crippen LogP contribution in [0.3, 0.4) is 0 Å². The lowest BCUT2D eigenvalue weighted by atomic mass is 10.2. The van der Waals surface area contributed by atoms with Crippen LogP contribution in [0.25, 0.3) is 0 Å². The van der Waals surface area contributed by atoms with Crippen molar-refractivity contribution < 1.29 is 8.78 Å². The SMILES string of the molecule is CN(C)c1ncc(CC(F)(F)CN)s1. The number of nitrogens with two attached hydrogens (primary N) is 1. The van der Waals surface area contributed by atoms with Gasteiger partial charge in [-0.15, -0.1) is 11.3 Å². The Balaban J connectivity index is 2.69. The number of aromatic nitrogens is 1. The number of nitrogens with zero attached hydrogens (tertiary/aromatic N) is 2. The molecule has 0 unspecified atom stereocenters. The largest absolute Gasteiger partial charge is 0.354 e. The second-order valence-corrected chi connectivity index (χ2v) is 4.33. The Morgan fingerprint density at radius 3 is 2.64 bits per heavy atom. The molecule has 1 aromatic rings. The molecule has 0 aliphatic carbocycles. The van der Waals surface area contributed by atoms with Crippen LogP contribution in [0.2, 0.25) is 0 Å². The summed E-state index contributed by atoms with van der Waals surface area (Å²) in [6, 6.07) is 0. The van der Waals surface area contributed by atoms with E-state index in [1.165, 1.54) is 17.5 Å². The normalized spacial score (nSPS) is 11.8. The first-order chi connectivity index (χ1) is 6.44. The summed E-state index contributed by atoms with van der Waals surface area (Å²) in [5.41, 5.74) is 4.94. The molecule has 0 aliphatic heterocycles. The van der Waals surface area contributed by atoms with Gasteiger partial charge in [0.1, 0.15) is 0 Å². The van der Waals surface area contributed by atoms with Gasteiger partial charge < -0.3 is 10.6 Å². The van der Waals surface area contributed by atoms with Crippen molar-refractivity contribution in [3.63, 3.8) is 0 Å². The topological polar surface area (TPSA) is 42.2 Å². The highest BCUT2D eigenvalue weighted by Gasteiger charge is 2.28. The first kappa shape index (κ1) is 11.3. The molecular formula is C8H13F2N3S. The Hall–Kier alpha value is -0.750. The molecule has 80 valence electrons. The van der Waals surface area contributed by atoms with Crippen molar-refractivity contribution in [2.45, 2.75) is 12.3 Å². The molecule has 0 saturated carbocycles. The third kappa shape index (κ3) is 2.88. The third-order valence-electron chi connectivity index (χ3n) is 1.66. The molecule has 0 aromatic carbocycles. The Morgan fingerprint density at radius 1 is 1.57 bits per heavy atom. The van der Waals surface area contributed by atoms with Crippen LogP contribution in [-0.2, 0) is 6.42 Å². The molecular weight excluding hydrogens is 208 g/mol. The molecule has 3 nitrogen and oxygen atoms in total. The van der Waals surface area contributed by atoms with E-state index in [0.29, 0.717) is 4.88 Å². The maximum Gasteiger partial charge on any atom is 0.264 e. The number of rotatable bonds is 4. The molecule has 0 atom stereocenters. The van der Waals surface area contributed by atoms with Gasteiger partial charge in [-0.05, 0) is 0 Å². The molecule has 6 heteroatoms. The van der Waals surface area contributed by atoms with Gasteiger partial charge in [-0.25, -0.2) is 13.8 Å². The van der Waals surface area contributed by atoms with Gasteiger partial charge in [0.15, 0.2) is 5.13 Å². The van der Waals surface area contributed by atoms with E-state index < -0.39 is 12.5 Å². The Bertz CT molecular complexity index is 299. The van der Waals surface area contributed by atoms with Crippen LogP contribution >= 0.6 is 11.3 Å². The van der Waals surface area contributed by atoms with Crippen molar-refractivity contribution in [1.29, 1.82) is 0 Å². The summed E-state index contributed by atoms with van der Waals surface area (Å²) < 4.78 is 25.8. The summed E-state index contributed by atoms with van der Waals surface area (Å²) in [7, 11) is 3.65. The summed E-state index contributed by atoms with van der Waals surface area (Å²) in [6.45, 7) is -0.623. The minimum Gasteiger partial charge on any atom is -0.354 e. The van der Waals surface area contributed by atoms with Crippen LogP contribution in [0.1, 0.15) is 4.88 Å². The fourth-order valence-corrected chi connectivity index (χ4v) is 1.82. The maximum atomic E-state index is 12.9. The van der Waals surface area contributed by atoms with Gasteiger partial charge >= 0.3 is 0 Å². The zero-order valence-electron chi connectivity index (χ0n) is 8.13. The minimum atomic E-state index is -2.82. The van der Waals surface area contributed by atoms with Crippen LogP contribution in [-0.4, -0.2) is 31.5 Å². The highest BCUT2D eigenvalue weighted by Crippen LogP contribution is 2.26. The van der Waals surface area contributed by atoms with Crippen LogP contribution in [0.5, 0.6) is 0 Å². The molecule has 1 aromatic heterocycles. The number of halogens is 2. The van der Waals surface area contributed by atoms with Crippen LogP contribution in [0, 0.1) is 0 Å². The van der Waals surface area contributed by atoms with Crippen LogP contribution < -0.4 is 10.6 Å². The fraction of sp³-hybridized carbons (Fsp3) is 0.625. The molecule has 0 saturated heterocycles. The first-order valence-electron chi connectivity index (χ1n) is 4.14. The van der Waals surface area contributed by atoms with Gasteiger partial charge in [0.05, 0.1) is 6.54 Å². The quantitative estimate of drug-likeness (QED) is 0.834. The van der Waals surface area contributed by atoms with Crippen molar-refractivity contribution in [3.05, 3.63) is 11.1 Å². The van der Waals surface area contributed by atoms with Crippen LogP contribution in [0.4, 0.5) is 13.9 Å². The van der Waals surface area contributed by atoms with E-state index in [1.807, 2.05) is 14.1 Å². The molecule has 14 heavy (non-hydrogen) atoms. The molecule has 1 heterocycles. The number of hydrogen-bond donors (Lipinski definition) is 1. The van der Waals surface area contributed by atoms with Gasteiger partial charge in [0, 0.05) is 31.6 Å². The van der Waals surface area contributed by atoms with E-state index in [9.17, 15) is 8.78 Å². The molecule has 2 N–H and O–H groups in total. The molecule has 0 bridgehead atoms. The lowest BCUT2D eigenvalue weighted by Crippen LogP contribution is -2.29. The van der Waals surface area contributed by atoms with E-state index in [2.05, 4.69) is 4.98 Å². The van der Waals surface area contributed by atoms with Crippen molar-refractivity contribution in [2.24, 2.45) is 5.73 Å². The number of alkyl halides is 2. The van der Waals surface area contributed by atoms with E-state index in [-0.39, 0.29) is 6.42 Å². The Labute approximate surface area is 85.5 Å². The molecule has 0 amide bonds. The second kappa shape index (κ2) is 4.18. The average Bonchev–Trinajstić information content (AvgIpc) is 2.52. The lowest BCUT2D eigenvalue weighted by molar-refractivity contribution is 0.0122. The molecule has 0 fully saturated rings. The standard InChI is InChI=1S/C8H13F2N3S/c1-13(2)7-12-4-6(14-7)3-8(9,10)5-11/h4H,3,5,11H2,1-2H3. The molecule has 1 rings (SSSR count). The highest BCUT2D eigenvalue weighted by atomic mass is 32.1. The van der Waals surface area contributed by atoms with Gasteiger partial charge in [-0.1, -0.05) is 0 Å². The van der Waals surface area contributed by atoms with E-state index in [0.717, 1.165) is 5.13 Å². The predicted molar refractivity (Wildman–Crippen MR) is 54.1 cm³/mol. The molecule has 0 radical (unpaired) electrons. The maximum absolute atomic E-state index is 12.9. The predicted octanol–water partition coefficient (Wildman–Crippen LogP) is 1.35. The van der Waals surface area contributed by atoms with E-state index in [1.54, 1.807) is 4.90 Å². The lowest BCUT2D eigenvalue weighted by Gasteiger charge is -2.11. The summed E-state index contributed by atoms with van der Waals surface area (Å²) in [4.78, 5) is 6.35. The number of anilines is 1. The van der Waals surface area contributed by atoms with Crippen molar-refractivity contribution in [3.8, 4) is 0 Å². The number of thiazole rings is 1. The summed E-state index contributed by atoms with van der Waals surface area (Å²) in [5.74, 6) is -2.82. The number of hydrogen-bond acceptors (Lipinski definition) is 4. The first-order valence-corrected chi connectivity index (χ1v) is 4.96. The Morgan fingerprint density at radius 2 is 2.21 bits per heavy atom. The Kier molecular flexibility index (Phi) is 3.38. The van der Waals surface area contributed by atoms with E-state index >= 15 is 0 Å². The monoisotopic (exact) mass is 221 g/mol. The summed E-state index contributed by atoms with van der Waals surface area (Å²) in [6.07, 6.45) is 1.15. The second-order valence-electron chi connectivity index (χ2n) is 3.24. The van der Waals surface area contributed by atoms with Crippen molar-refractivity contribution in [2.75, 3.05) is 25.5 Å². The minimum absolute atomic E-state index is 0.324. The smallest absolute Gasteiger partial charge is 0.264 e. The van der Waals surface area contributed by atoms with Gasteiger partial charge in [0.25, 0.3) is 5.92 Å². The fourth-order valence-electron chi connectivity index (χ4n) is 0.913. The molecule has 0 spiro atoms. The highest BCUT2D eigenvalue weighted by molar-refractivity contribution is 7.15.